The number of esters is 1. The largest absolute Gasteiger partial charge is 0.472 e. The van der Waals surface area contributed by atoms with Crippen molar-refractivity contribution in [3.63, 3.8) is 0 Å². The first kappa shape index (κ1) is 38.7. The highest BCUT2D eigenvalue weighted by atomic mass is 31.2. The van der Waals surface area contributed by atoms with Crippen molar-refractivity contribution in [2.75, 3.05) is 33.0 Å². The first-order valence-corrected chi connectivity index (χ1v) is 17.0. The topological polar surface area (TPSA) is 117 Å². The van der Waals surface area contributed by atoms with Gasteiger partial charge >= 0.3 is 13.8 Å². The number of hydrogen-bond acceptors (Lipinski definition) is 7. The van der Waals surface area contributed by atoms with Crippen LogP contribution in [0.25, 0.3) is 0 Å². The van der Waals surface area contributed by atoms with Gasteiger partial charge in [-0.2, -0.15) is 0 Å². The van der Waals surface area contributed by atoms with E-state index in [1.807, 2.05) is 0 Å². The summed E-state index contributed by atoms with van der Waals surface area (Å²) in [6.07, 6.45) is 28.9. The fourth-order valence-electron chi connectivity index (χ4n) is 3.83. The minimum absolute atomic E-state index is 0.0959. The molecule has 0 aliphatic rings. The average Bonchev–Trinajstić information content (AvgIpc) is 2.94. The molecular weight excluding hydrogens is 529 g/mol. The Morgan fingerprint density at radius 2 is 1.40 bits per heavy atom. The van der Waals surface area contributed by atoms with E-state index in [9.17, 15) is 14.3 Å². The van der Waals surface area contributed by atoms with E-state index in [1.165, 1.54) is 25.7 Å². The molecule has 0 fully saturated rings. The van der Waals surface area contributed by atoms with E-state index in [4.69, 9.17) is 24.3 Å². The van der Waals surface area contributed by atoms with Crippen LogP contribution in [0.15, 0.2) is 36.5 Å². The molecule has 40 heavy (non-hydrogen) atoms. The number of carbonyl (C=O) groups excluding carboxylic acids is 1. The number of phosphoric acid groups is 1. The predicted octanol–water partition coefficient (Wildman–Crippen LogP) is 7.96. The van der Waals surface area contributed by atoms with Crippen LogP contribution < -0.4 is 5.73 Å². The number of unbranched alkanes of at least 4 members (excludes halogenated alkanes) is 10. The van der Waals surface area contributed by atoms with E-state index >= 15 is 0 Å². The molecule has 0 saturated carbocycles. The second kappa shape index (κ2) is 29.2. The summed E-state index contributed by atoms with van der Waals surface area (Å²) in [5.74, 6) is -0.349. The van der Waals surface area contributed by atoms with Crippen LogP contribution in [-0.4, -0.2) is 49.9 Å². The molecule has 0 spiro atoms. The Morgan fingerprint density at radius 3 is 2.10 bits per heavy atom. The summed E-state index contributed by atoms with van der Waals surface area (Å²) in [6, 6.07) is 0. The van der Waals surface area contributed by atoms with E-state index < -0.39 is 13.9 Å². The van der Waals surface area contributed by atoms with Crippen molar-refractivity contribution in [2.24, 2.45) is 5.73 Å². The monoisotopic (exact) mass is 587 g/mol. The third kappa shape index (κ3) is 28.3. The first-order chi connectivity index (χ1) is 19.4. The highest BCUT2D eigenvalue weighted by molar-refractivity contribution is 7.47. The van der Waals surface area contributed by atoms with Crippen molar-refractivity contribution in [2.45, 2.75) is 123 Å². The summed E-state index contributed by atoms with van der Waals surface area (Å²) >= 11 is 0. The number of nitrogens with two attached hydrogens (primary N) is 1. The van der Waals surface area contributed by atoms with Gasteiger partial charge in [0.25, 0.3) is 0 Å². The number of carbonyl (C=O) groups is 1. The summed E-state index contributed by atoms with van der Waals surface area (Å²) in [4.78, 5) is 22.1. The van der Waals surface area contributed by atoms with Crippen molar-refractivity contribution in [3.8, 4) is 0 Å². The van der Waals surface area contributed by atoms with Crippen LogP contribution in [0.2, 0.25) is 0 Å². The molecule has 0 aliphatic carbocycles. The predicted molar refractivity (Wildman–Crippen MR) is 164 cm³/mol. The van der Waals surface area contributed by atoms with E-state index in [2.05, 4.69) is 50.3 Å². The van der Waals surface area contributed by atoms with Gasteiger partial charge in [-0.15, -0.1) is 0 Å². The van der Waals surface area contributed by atoms with Crippen LogP contribution in [0, 0.1) is 0 Å². The van der Waals surface area contributed by atoms with Crippen molar-refractivity contribution in [1.29, 1.82) is 0 Å². The first-order valence-electron chi connectivity index (χ1n) is 15.5. The third-order valence-electron chi connectivity index (χ3n) is 6.07. The second-order valence-corrected chi connectivity index (χ2v) is 11.4. The normalized spacial score (nSPS) is 14.4. The van der Waals surface area contributed by atoms with Crippen molar-refractivity contribution in [1.82, 2.24) is 0 Å². The van der Waals surface area contributed by atoms with E-state index in [1.54, 1.807) is 0 Å². The average molecular weight is 588 g/mol. The molecule has 0 saturated heterocycles. The quantitative estimate of drug-likeness (QED) is 0.0392. The molecule has 2 unspecified atom stereocenters. The standard InChI is InChI=1S/C31H58NO7P/c1-3-5-7-9-11-12-13-14-15-16-17-19-21-23-26-36-28-30(29-38-40(34,35)37-27-25-32)39-31(33)24-22-20-18-10-8-6-4-2/h5,7,11-12,14-15,30H,3-4,6,8-10,13,16-29,32H2,1-2H3,(H,34,35)/b7-5-,12-11-,15-14-. The van der Waals surface area contributed by atoms with Crippen molar-refractivity contribution >= 4 is 13.8 Å². The smallest absolute Gasteiger partial charge is 0.457 e. The molecular formula is C31H58NO7P. The summed E-state index contributed by atoms with van der Waals surface area (Å²) in [5, 5.41) is 0. The van der Waals surface area contributed by atoms with Crippen LogP contribution in [0.4, 0.5) is 0 Å². The summed E-state index contributed by atoms with van der Waals surface area (Å²) in [6.45, 7) is 4.67. The summed E-state index contributed by atoms with van der Waals surface area (Å²) in [5.41, 5.74) is 5.31. The lowest BCUT2D eigenvalue weighted by Gasteiger charge is -2.20. The fraction of sp³-hybridized carbons (Fsp3) is 0.774. The Kier molecular flexibility index (Phi) is 28.3. The lowest BCUT2D eigenvalue weighted by Crippen LogP contribution is -2.28. The second-order valence-electron chi connectivity index (χ2n) is 9.94. The van der Waals surface area contributed by atoms with Gasteiger partial charge in [-0.3, -0.25) is 13.8 Å². The minimum atomic E-state index is -4.26. The zero-order valence-corrected chi connectivity index (χ0v) is 26.2. The van der Waals surface area contributed by atoms with Crippen LogP contribution in [-0.2, 0) is 27.9 Å². The molecule has 0 aromatic rings. The molecule has 0 aromatic heterocycles. The van der Waals surface area contributed by atoms with Gasteiger partial charge in [-0.05, 0) is 44.9 Å². The zero-order chi connectivity index (χ0) is 29.6. The van der Waals surface area contributed by atoms with Crippen molar-refractivity contribution < 1.29 is 32.8 Å². The minimum Gasteiger partial charge on any atom is -0.457 e. The Morgan fingerprint density at radius 1 is 0.775 bits per heavy atom. The summed E-state index contributed by atoms with van der Waals surface area (Å²) in [7, 11) is -4.26. The molecule has 0 heterocycles. The Balaban J connectivity index is 4.18. The van der Waals surface area contributed by atoms with E-state index in [-0.39, 0.29) is 32.3 Å². The number of allylic oxidation sites excluding steroid dienone is 6. The van der Waals surface area contributed by atoms with Gasteiger partial charge in [0.05, 0.1) is 19.8 Å². The maximum atomic E-state index is 12.3. The Bertz CT molecular complexity index is 712. The number of ether oxygens (including phenoxy) is 2. The Hall–Kier alpha value is -1.28. The molecule has 0 radical (unpaired) electrons. The van der Waals surface area contributed by atoms with Gasteiger partial charge in [-0.1, -0.05) is 102 Å². The lowest BCUT2D eigenvalue weighted by molar-refractivity contribution is -0.154. The van der Waals surface area contributed by atoms with Crippen molar-refractivity contribution in [3.05, 3.63) is 36.5 Å². The highest BCUT2D eigenvalue weighted by Crippen LogP contribution is 2.43. The van der Waals surface area contributed by atoms with Crippen LogP contribution in [0.3, 0.4) is 0 Å². The number of hydrogen-bond donors (Lipinski definition) is 2. The molecule has 9 heteroatoms. The van der Waals surface area contributed by atoms with Gasteiger partial charge in [0.2, 0.25) is 0 Å². The molecule has 8 nitrogen and oxygen atoms in total. The molecule has 234 valence electrons. The maximum absolute atomic E-state index is 12.3. The SMILES string of the molecule is CC/C=C\C/C=C\C/C=C\CCCCCCOCC(COP(=O)(O)OCCN)OC(=O)CCCCCCCCC. The Labute approximate surface area is 244 Å². The summed E-state index contributed by atoms with van der Waals surface area (Å²) < 4.78 is 33.0. The number of phosphoric ester groups is 1. The fourth-order valence-corrected chi connectivity index (χ4v) is 4.60. The lowest BCUT2D eigenvalue weighted by atomic mass is 10.1. The zero-order valence-electron chi connectivity index (χ0n) is 25.3. The van der Waals surface area contributed by atoms with Gasteiger partial charge in [0.15, 0.2) is 0 Å². The molecule has 0 bridgehead atoms. The van der Waals surface area contributed by atoms with E-state index in [0.29, 0.717) is 13.0 Å². The third-order valence-corrected chi connectivity index (χ3v) is 7.06. The van der Waals surface area contributed by atoms with E-state index in [0.717, 1.165) is 70.6 Å². The van der Waals surface area contributed by atoms with Gasteiger partial charge in [-0.25, -0.2) is 4.57 Å². The molecule has 0 aliphatic heterocycles. The van der Waals surface area contributed by atoms with Gasteiger partial charge in [0.1, 0.15) is 6.10 Å². The number of rotatable bonds is 29. The molecule has 0 rings (SSSR count). The molecule has 0 aromatic carbocycles. The van der Waals surface area contributed by atoms with Crippen LogP contribution >= 0.6 is 7.82 Å². The maximum Gasteiger partial charge on any atom is 0.472 e. The van der Waals surface area contributed by atoms with Crippen LogP contribution in [0.5, 0.6) is 0 Å². The molecule has 0 amide bonds. The molecule has 3 N–H and O–H groups in total. The van der Waals surface area contributed by atoms with Crippen LogP contribution in [0.1, 0.15) is 117 Å². The highest BCUT2D eigenvalue weighted by Gasteiger charge is 2.25. The van der Waals surface area contributed by atoms with Gasteiger partial charge < -0.3 is 20.1 Å². The molecule has 2 atom stereocenters. The van der Waals surface area contributed by atoms with Gasteiger partial charge in [0, 0.05) is 19.6 Å².